The van der Waals surface area contributed by atoms with Crippen molar-refractivity contribution >= 4 is 6.29 Å². The van der Waals surface area contributed by atoms with E-state index in [1.54, 1.807) is 0 Å². The van der Waals surface area contributed by atoms with Gasteiger partial charge >= 0.3 is 0 Å². The lowest BCUT2D eigenvalue weighted by Crippen LogP contribution is -2.27. The van der Waals surface area contributed by atoms with Gasteiger partial charge in [-0.05, 0) is 37.1 Å². The van der Waals surface area contributed by atoms with Gasteiger partial charge in [-0.1, -0.05) is 13.8 Å². The van der Waals surface area contributed by atoms with Crippen LogP contribution in [0.1, 0.15) is 48.6 Å². The molecule has 0 saturated heterocycles. The number of aromatic nitrogens is 2. The largest absolute Gasteiger partial charge is 0.364 e. The van der Waals surface area contributed by atoms with Crippen molar-refractivity contribution < 1.29 is 4.79 Å². The highest BCUT2D eigenvalue weighted by Crippen LogP contribution is 2.37. The molecule has 0 amide bonds. The van der Waals surface area contributed by atoms with Crippen molar-refractivity contribution in [2.24, 2.45) is 0 Å². The first-order valence-electron chi connectivity index (χ1n) is 6.05. The van der Waals surface area contributed by atoms with Gasteiger partial charge in [0.2, 0.25) is 0 Å². The zero-order valence-corrected chi connectivity index (χ0v) is 10.3. The first-order chi connectivity index (χ1) is 8.26. The number of hydrogen-bond donors (Lipinski definition) is 2. The monoisotopic (exact) mass is 230 g/mol. The molecule has 0 aromatic carbocycles. The Hall–Kier alpha value is -1.77. The van der Waals surface area contributed by atoms with Gasteiger partial charge in [-0.15, -0.1) is 0 Å². The summed E-state index contributed by atoms with van der Waals surface area (Å²) in [6.45, 7) is 4.34. The van der Waals surface area contributed by atoms with Crippen molar-refractivity contribution in [2.45, 2.75) is 32.1 Å². The summed E-state index contributed by atoms with van der Waals surface area (Å²) in [4.78, 5) is 17.3. The molecule has 0 fully saturated rings. The van der Waals surface area contributed by atoms with Crippen molar-refractivity contribution in [3.8, 4) is 0 Å². The topological polar surface area (TPSA) is 48.6 Å². The molecule has 3 nitrogen and oxygen atoms in total. The minimum Gasteiger partial charge on any atom is -0.364 e. The van der Waals surface area contributed by atoms with Gasteiger partial charge in [0.15, 0.2) is 6.29 Å². The number of carbonyl (C=O) groups is 1. The Morgan fingerprint density at radius 1 is 1.18 bits per heavy atom. The fourth-order valence-corrected chi connectivity index (χ4v) is 2.54. The molecule has 0 unspecified atom stereocenters. The molecule has 90 valence electrons. The van der Waals surface area contributed by atoms with Gasteiger partial charge in [0.05, 0.1) is 5.69 Å². The average Bonchev–Trinajstić information content (AvgIpc) is 3.02. The first kappa shape index (κ1) is 11.7. The summed E-state index contributed by atoms with van der Waals surface area (Å²) >= 11 is 0. The van der Waals surface area contributed by atoms with Gasteiger partial charge in [0.1, 0.15) is 0 Å². The molecule has 2 aromatic heterocycles. The number of H-pyrrole nitrogens is 2. The van der Waals surface area contributed by atoms with Crippen molar-refractivity contribution in [1.82, 2.24) is 9.97 Å². The van der Waals surface area contributed by atoms with E-state index in [1.807, 2.05) is 24.4 Å². The predicted molar refractivity (Wildman–Crippen MR) is 68.3 cm³/mol. The van der Waals surface area contributed by atoms with Gasteiger partial charge < -0.3 is 9.97 Å². The van der Waals surface area contributed by atoms with Crippen LogP contribution in [0.3, 0.4) is 0 Å². The van der Waals surface area contributed by atoms with Crippen LogP contribution < -0.4 is 0 Å². The minimum atomic E-state index is -0.0508. The Morgan fingerprint density at radius 3 is 2.41 bits per heavy atom. The van der Waals surface area contributed by atoms with E-state index in [2.05, 4.69) is 29.9 Å². The highest BCUT2D eigenvalue weighted by molar-refractivity contribution is 5.72. The third-order valence-electron chi connectivity index (χ3n) is 3.67. The lowest BCUT2D eigenvalue weighted by molar-refractivity contribution is 0.111. The molecule has 2 N–H and O–H groups in total. The number of aldehydes is 1. The molecule has 0 aliphatic heterocycles. The number of nitrogens with one attached hydrogen (secondary N) is 2. The molecule has 0 aliphatic carbocycles. The Morgan fingerprint density at radius 2 is 1.94 bits per heavy atom. The minimum absolute atomic E-state index is 0.0508. The number of hydrogen-bond acceptors (Lipinski definition) is 1. The molecule has 2 aromatic rings. The second-order valence-corrected chi connectivity index (χ2v) is 4.32. The predicted octanol–water partition coefficient (Wildman–Crippen LogP) is 3.26. The molecule has 17 heavy (non-hydrogen) atoms. The molecule has 2 rings (SSSR count). The van der Waals surface area contributed by atoms with E-state index in [0.717, 1.165) is 24.8 Å². The third-order valence-corrected chi connectivity index (χ3v) is 3.67. The summed E-state index contributed by atoms with van der Waals surface area (Å²) in [5, 5.41) is 0. The fraction of sp³-hybridized carbons (Fsp3) is 0.357. The molecule has 0 saturated carbocycles. The molecule has 0 radical (unpaired) electrons. The van der Waals surface area contributed by atoms with Crippen LogP contribution in [0.2, 0.25) is 0 Å². The number of rotatable bonds is 5. The van der Waals surface area contributed by atoms with E-state index in [9.17, 15) is 4.79 Å². The van der Waals surface area contributed by atoms with E-state index in [0.29, 0.717) is 5.69 Å². The average molecular weight is 230 g/mol. The van der Waals surface area contributed by atoms with Crippen LogP contribution in [0.15, 0.2) is 30.5 Å². The van der Waals surface area contributed by atoms with E-state index < -0.39 is 0 Å². The first-order valence-corrected chi connectivity index (χ1v) is 6.05. The summed E-state index contributed by atoms with van der Waals surface area (Å²) in [6.07, 6.45) is 4.78. The van der Waals surface area contributed by atoms with E-state index in [-0.39, 0.29) is 5.41 Å². The quantitative estimate of drug-likeness (QED) is 0.761. The fourth-order valence-electron chi connectivity index (χ4n) is 2.54. The lowest BCUT2D eigenvalue weighted by atomic mass is 9.76. The lowest BCUT2D eigenvalue weighted by Gasteiger charge is -2.30. The van der Waals surface area contributed by atoms with Crippen molar-refractivity contribution in [3.63, 3.8) is 0 Å². The Balaban J connectivity index is 2.50. The van der Waals surface area contributed by atoms with Crippen LogP contribution >= 0.6 is 0 Å². The van der Waals surface area contributed by atoms with Gasteiger partial charge in [-0.3, -0.25) is 4.79 Å². The highest BCUT2D eigenvalue weighted by Gasteiger charge is 2.32. The zero-order valence-electron chi connectivity index (χ0n) is 10.3. The van der Waals surface area contributed by atoms with Crippen LogP contribution in [-0.4, -0.2) is 16.3 Å². The maximum Gasteiger partial charge on any atom is 0.166 e. The maximum atomic E-state index is 10.8. The highest BCUT2D eigenvalue weighted by atomic mass is 16.1. The molecule has 0 spiro atoms. The smallest absolute Gasteiger partial charge is 0.166 e. The van der Waals surface area contributed by atoms with E-state index >= 15 is 0 Å². The Labute approximate surface area is 101 Å². The van der Waals surface area contributed by atoms with Crippen LogP contribution in [0, 0.1) is 0 Å². The van der Waals surface area contributed by atoms with Crippen LogP contribution in [0.4, 0.5) is 0 Å². The third kappa shape index (κ3) is 1.82. The van der Waals surface area contributed by atoms with Crippen molar-refractivity contribution in [1.29, 1.82) is 0 Å². The van der Waals surface area contributed by atoms with Gasteiger partial charge in [0.25, 0.3) is 0 Å². The standard InChI is InChI=1S/C14H18N2O/c1-3-14(4-2,12-6-5-9-15-12)13-8-7-11(10-17)16-13/h5-10,15-16H,3-4H2,1-2H3. The summed E-state index contributed by atoms with van der Waals surface area (Å²) in [5.74, 6) is 0. The normalized spacial score (nSPS) is 11.6. The second-order valence-electron chi connectivity index (χ2n) is 4.32. The molecule has 3 heteroatoms. The Bertz CT molecular complexity index is 478. The SMILES string of the molecule is CCC(CC)(c1ccc[nH]1)c1ccc(C=O)[nH]1. The van der Waals surface area contributed by atoms with Crippen LogP contribution in [-0.2, 0) is 5.41 Å². The van der Waals surface area contributed by atoms with Crippen LogP contribution in [0.5, 0.6) is 0 Å². The van der Waals surface area contributed by atoms with Crippen molar-refractivity contribution in [3.05, 3.63) is 47.5 Å². The summed E-state index contributed by atoms with van der Waals surface area (Å²) in [5.41, 5.74) is 2.89. The van der Waals surface area contributed by atoms with Crippen molar-refractivity contribution in [2.75, 3.05) is 0 Å². The summed E-state index contributed by atoms with van der Waals surface area (Å²) in [6, 6.07) is 7.97. The molecule has 2 heterocycles. The van der Waals surface area contributed by atoms with E-state index in [4.69, 9.17) is 0 Å². The molecule has 0 atom stereocenters. The zero-order chi connectivity index (χ0) is 12.3. The van der Waals surface area contributed by atoms with Crippen LogP contribution in [0.25, 0.3) is 0 Å². The van der Waals surface area contributed by atoms with Gasteiger partial charge in [-0.2, -0.15) is 0 Å². The van der Waals surface area contributed by atoms with E-state index in [1.165, 1.54) is 5.69 Å². The van der Waals surface area contributed by atoms with Gasteiger partial charge in [-0.25, -0.2) is 0 Å². The molecular weight excluding hydrogens is 212 g/mol. The number of carbonyl (C=O) groups excluding carboxylic acids is 1. The summed E-state index contributed by atoms with van der Waals surface area (Å²) < 4.78 is 0. The Kier molecular flexibility index (Phi) is 3.18. The second kappa shape index (κ2) is 4.62. The number of aromatic amines is 2. The molecule has 0 aliphatic rings. The summed E-state index contributed by atoms with van der Waals surface area (Å²) in [7, 11) is 0. The molecular formula is C14H18N2O. The molecule has 0 bridgehead atoms. The van der Waals surface area contributed by atoms with Gasteiger partial charge in [0, 0.05) is 23.0 Å². The maximum absolute atomic E-state index is 10.8.